The molecule has 0 spiro atoms. The minimum Gasteiger partial charge on any atom is -0.352 e. The Bertz CT molecular complexity index is 810. The summed E-state index contributed by atoms with van der Waals surface area (Å²) in [6, 6.07) is 17.3. The Morgan fingerprint density at radius 1 is 1.00 bits per heavy atom. The van der Waals surface area contributed by atoms with Crippen LogP contribution in [0.1, 0.15) is 18.0 Å². The second-order valence-corrected chi connectivity index (χ2v) is 6.37. The van der Waals surface area contributed by atoms with Crippen molar-refractivity contribution >= 4 is 23.5 Å². The molecule has 2 aromatic carbocycles. The number of nitrogens with two attached hydrogens (primary N) is 1. The Morgan fingerprint density at radius 2 is 1.63 bits per heavy atom. The van der Waals surface area contributed by atoms with Crippen molar-refractivity contribution in [3.63, 3.8) is 0 Å². The van der Waals surface area contributed by atoms with Crippen LogP contribution in [-0.4, -0.2) is 42.4 Å². The number of nitrogens with one attached hydrogen (secondary N) is 1. The van der Waals surface area contributed by atoms with E-state index in [4.69, 9.17) is 5.73 Å². The molecule has 140 valence electrons. The van der Waals surface area contributed by atoms with Gasteiger partial charge in [-0.05, 0) is 17.7 Å². The van der Waals surface area contributed by atoms with E-state index in [-0.39, 0.29) is 24.8 Å². The average Bonchev–Trinajstić information content (AvgIpc) is 2.68. The lowest BCUT2D eigenvalue weighted by atomic mass is 10.0. The van der Waals surface area contributed by atoms with Crippen LogP contribution >= 0.6 is 0 Å². The number of hydrogen-bond acceptors (Lipinski definition) is 3. The van der Waals surface area contributed by atoms with E-state index in [0.29, 0.717) is 13.1 Å². The fraction of sp³-hybridized carbons (Fsp3) is 0.250. The number of carbonyl (C=O) groups is 3. The number of anilines is 1. The molecular weight excluding hydrogens is 344 g/mol. The molecule has 1 unspecified atom stereocenters. The summed E-state index contributed by atoms with van der Waals surface area (Å²) >= 11 is 0. The van der Waals surface area contributed by atoms with Gasteiger partial charge in [-0.2, -0.15) is 0 Å². The van der Waals surface area contributed by atoms with Crippen molar-refractivity contribution in [1.82, 2.24) is 10.2 Å². The van der Waals surface area contributed by atoms with Gasteiger partial charge in [-0.1, -0.05) is 48.5 Å². The minimum atomic E-state index is -0.693. The molecule has 1 fully saturated rings. The first-order chi connectivity index (χ1) is 13.0. The van der Waals surface area contributed by atoms with Crippen LogP contribution in [0.15, 0.2) is 60.7 Å². The Kier molecular flexibility index (Phi) is 5.71. The van der Waals surface area contributed by atoms with Crippen molar-refractivity contribution in [2.45, 2.75) is 12.5 Å². The summed E-state index contributed by atoms with van der Waals surface area (Å²) in [5.74, 6) is -0.321. The maximum atomic E-state index is 12.7. The summed E-state index contributed by atoms with van der Waals surface area (Å²) < 4.78 is 0. The van der Waals surface area contributed by atoms with Gasteiger partial charge in [0.25, 0.3) is 0 Å². The third-order valence-corrected chi connectivity index (χ3v) is 4.54. The van der Waals surface area contributed by atoms with Gasteiger partial charge in [-0.25, -0.2) is 4.79 Å². The van der Waals surface area contributed by atoms with E-state index in [0.717, 1.165) is 11.3 Å². The molecule has 0 saturated carbocycles. The highest BCUT2D eigenvalue weighted by molar-refractivity contribution is 5.98. The molecular formula is C20H22N4O3. The SMILES string of the molecule is NC(=O)NC(CC(=O)N1CCN(c2ccccc2)C(=O)C1)c1ccccc1. The van der Waals surface area contributed by atoms with E-state index >= 15 is 0 Å². The summed E-state index contributed by atoms with van der Waals surface area (Å²) in [7, 11) is 0. The van der Waals surface area contributed by atoms with Crippen molar-refractivity contribution in [3.05, 3.63) is 66.2 Å². The number of piperazine rings is 1. The Morgan fingerprint density at radius 3 is 2.22 bits per heavy atom. The third kappa shape index (κ3) is 4.63. The van der Waals surface area contributed by atoms with Gasteiger partial charge in [0, 0.05) is 18.8 Å². The van der Waals surface area contributed by atoms with Gasteiger partial charge >= 0.3 is 6.03 Å². The molecule has 3 N–H and O–H groups in total. The van der Waals surface area contributed by atoms with E-state index in [9.17, 15) is 14.4 Å². The number of benzene rings is 2. The smallest absolute Gasteiger partial charge is 0.312 e. The second kappa shape index (κ2) is 8.35. The quantitative estimate of drug-likeness (QED) is 0.842. The molecule has 3 rings (SSSR count). The van der Waals surface area contributed by atoms with E-state index < -0.39 is 12.1 Å². The van der Waals surface area contributed by atoms with Crippen LogP contribution in [0, 0.1) is 0 Å². The van der Waals surface area contributed by atoms with Crippen molar-refractivity contribution in [3.8, 4) is 0 Å². The number of primary amides is 1. The van der Waals surface area contributed by atoms with Gasteiger partial charge in [0.1, 0.15) is 6.54 Å². The minimum absolute atomic E-state index is 0.0197. The Balaban J connectivity index is 1.65. The summed E-state index contributed by atoms with van der Waals surface area (Å²) in [6.07, 6.45) is 0.0472. The van der Waals surface area contributed by atoms with Gasteiger partial charge in [-0.15, -0.1) is 0 Å². The molecule has 0 aromatic heterocycles. The zero-order valence-corrected chi connectivity index (χ0v) is 14.9. The first-order valence-electron chi connectivity index (χ1n) is 8.78. The van der Waals surface area contributed by atoms with Crippen molar-refractivity contribution < 1.29 is 14.4 Å². The first-order valence-corrected chi connectivity index (χ1v) is 8.78. The van der Waals surface area contributed by atoms with Gasteiger partial charge in [-0.3, -0.25) is 9.59 Å². The average molecular weight is 366 g/mol. The first kappa shape index (κ1) is 18.4. The van der Waals surface area contributed by atoms with Crippen LogP contribution in [0.3, 0.4) is 0 Å². The number of para-hydroxylation sites is 1. The fourth-order valence-corrected chi connectivity index (χ4v) is 3.18. The monoisotopic (exact) mass is 366 g/mol. The van der Waals surface area contributed by atoms with Gasteiger partial charge in [0.15, 0.2) is 0 Å². The molecule has 1 saturated heterocycles. The van der Waals surface area contributed by atoms with Crippen LogP contribution in [0.5, 0.6) is 0 Å². The Labute approximate surface area is 157 Å². The number of carbonyl (C=O) groups excluding carboxylic acids is 3. The molecule has 0 bridgehead atoms. The summed E-state index contributed by atoms with van der Waals surface area (Å²) in [6.45, 7) is 0.900. The maximum absolute atomic E-state index is 12.7. The third-order valence-electron chi connectivity index (χ3n) is 4.54. The summed E-state index contributed by atoms with van der Waals surface area (Å²) in [5, 5.41) is 2.61. The van der Waals surface area contributed by atoms with E-state index in [2.05, 4.69) is 5.32 Å². The second-order valence-electron chi connectivity index (χ2n) is 6.37. The number of amides is 4. The highest BCUT2D eigenvalue weighted by atomic mass is 16.2. The number of hydrogen-bond donors (Lipinski definition) is 2. The van der Waals surface area contributed by atoms with Crippen LogP contribution in [0.4, 0.5) is 10.5 Å². The molecule has 0 radical (unpaired) electrons. The number of nitrogens with zero attached hydrogens (tertiary/aromatic N) is 2. The Hall–Kier alpha value is -3.35. The lowest BCUT2D eigenvalue weighted by Gasteiger charge is -2.35. The molecule has 4 amide bonds. The summed E-state index contributed by atoms with van der Waals surface area (Å²) in [4.78, 5) is 39.7. The largest absolute Gasteiger partial charge is 0.352 e. The number of rotatable bonds is 5. The topological polar surface area (TPSA) is 95.7 Å². The van der Waals surface area contributed by atoms with E-state index in [1.807, 2.05) is 60.7 Å². The molecule has 7 heteroatoms. The molecule has 2 aromatic rings. The number of urea groups is 1. The van der Waals surface area contributed by atoms with Gasteiger partial charge in [0.2, 0.25) is 11.8 Å². The molecule has 1 atom stereocenters. The van der Waals surface area contributed by atoms with E-state index in [1.165, 1.54) is 4.90 Å². The zero-order valence-electron chi connectivity index (χ0n) is 14.9. The van der Waals surface area contributed by atoms with Gasteiger partial charge < -0.3 is 20.9 Å². The standard InChI is InChI=1S/C20H22N4O3/c21-20(27)22-17(15-7-3-1-4-8-15)13-18(25)23-11-12-24(19(26)14-23)16-9-5-2-6-10-16/h1-10,17H,11-14H2,(H3,21,22,27). The van der Waals surface area contributed by atoms with Crippen molar-refractivity contribution in [2.75, 3.05) is 24.5 Å². The van der Waals surface area contributed by atoms with Crippen LogP contribution in [0.25, 0.3) is 0 Å². The zero-order chi connectivity index (χ0) is 19.2. The molecule has 1 aliphatic heterocycles. The highest BCUT2D eigenvalue weighted by Crippen LogP contribution is 2.20. The van der Waals surface area contributed by atoms with Gasteiger partial charge in [0.05, 0.1) is 12.5 Å². The molecule has 0 aliphatic carbocycles. The normalized spacial score (nSPS) is 15.3. The van der Waals surface area contributed by atoms with Crippen LogP contribution in [0.2, 0.25) is 0 Å². The molecule has 7 nitrogen and oxygen atoms in total. The lowest BCUT2D eigenvalue weighted by Crippen LogP contribution is -2.53. The molecule has 1 aliphatic rings. The summed E-state index contributed by atoms with van der Waals surface area (Å²) in [5.41, 5.74) is 6.87. The highest BCUT2D eigenvalue weighted by Gasteiger charge is 2.29. The van der Waals surface area contributed by atoms with Crippen molar-refractivity contribution in [1.29, 1.82) is 0 Å². The van der Waals surface area contributed by atoms with Crippen molar-refractivity contribution in [2.24, 2.45) is 5.73 Å². The van der Waals surface area contributed by atoms with Crippen LogP contribution < -0.4 is 16.0 Å². The van der Waals surface area contributed by atoms with E-state index in [1.54, 1.807) is 4.90 Å². The molecule has 27 heavy (non-hydrogen) atoms. The lowest BCUT2D eigenvalue weighted by molar-refractivity contribution is -0.137. The molecule has 1 heterocycles. The fourth-order valence-electron chi connectivity index (χ4n) is 3.18. The van der Waals surface area contributed by atoms with Crippen LogP contribution in [-0.2, 0) is 9.59 Å². The predicted molar refractivity (Wildman–Crippen MR) is 102 cm³/mol. The maximum Gasteiger partial charge on any atom is 0.312 e. The predicted octanol–water partition coefficient (Wildman–Crippen LogP) is 1.66.